The lowest BCUT2D eigenvalue weighted by molar-refractivity contribution is 0.0943. The van der Waals surface area contributed by atoms with Crippen LogP contribution in [0.15, 0.2) is 18.2 Å². The minimum absolute atomic E-state index is 0.212. The highest BCUT2D eigenvalue weighted by Gasteiger charge is 2.19. The highest BCUT2D eigenvalue weighted by Crippen LogP contribution is 2.28. The zero-order valence-corrected chi connectivity index (χ0v) is 12.2. The maximum absolute atomic E-state index is 11.9. The first-order valence-electron chi connectivity index (χ1n) is 6.50. The zero-order valence-electron chi connectivity index (χ0n) is 10.6. The lowest BCUT2D eigenvalue weighted by Crippen LogP contribution is -2.31. The number of alkyl halides is 1. The van der Waals surface area contributed by atoms with Gasteiger partial charge in [-0.1, -0.05) is 15.9 Å². The Labute approximate surface area is 121 Å². The monoisotopic (exact) mass is 327 g/mol. The van der Waals surface area contributed by atoms with Crippen LogP contribution < -0.4 is 5.32 Å². The van der Waals surface area contributed by atoms with E-state index in [1.807, 2.05) is 0 Å². The molecule has 0 unspecified atom stereocenters. The highest BCUT2D eigenvalue weighted by molar-refractivity contribution is 9.09. The molecule has 4 nitrogen and oxygen atoms in total. The molecule has 1 amide bonds. The minimum Gasteiger partial charge on any atom is -0.504 e. The molecule has 0 aromatic heterocycles. The number of nitrogens with one attached hydrogen (secondary N) is 1. The Balaban J connectivity index is 1.85. The molecule has 0 saturated heterocycles. The van der Waals surface area contributed by atoms with Gasteiger partial charge in [0.25, 0.3) is 5.91 Å². The molecular formula is C14H18BrNO3. The van der Waals surface area contributed by atoms with Crippen LogP contribution in [-0.2, 0) is 0 Å². The molecule has 0 spiro atoms. The molecule has 0 atom stereocenters. The summed E-state index contributed by atoms with van der Waals surface area (Å²) in [5.74, 6) is -0.167. The van der Waals surface area contributed by atoms with E-state index >= 15 is 0 Å². The Bertz CT molecular complexity index is 456. The van der Waals surface area contributed by atoms with Crippen molar-refractivity contribution in [2.75, 3.05) is 6.54 Å². The molecule has 2 rings (SSSR count). The van der Waals surface area contributed by atoms with Crippen molar-refractivity contribution >= 4 is 21.8 Å². The van der Waals surface area contributed by atoms with E-state index in [2.05, 4.69) is 21.2 Å². The Morgan fingerprint density at radius 1 is 1.21 bits per heavy atom. The topological polar surface area (TPSA) is 69.6 Å². The standard InChI is InChI=1S/C14H18BrNO3/c15-11-4-1-9(2-5-11)8-16-14(19)10-3-6-12(17)13(18)7-10/h3,6-7,9,11,17-18H,1-2,4-5,8H2,(H,16,19). The fourth-order valence-electron chi connectivity index (χ4n) is 2.33. The third kappa shape index (κ3) is 3.86. The lowest BCUT2D eigenvalue weighted by atomic mass is 9.89. The van der Waals surface area contributed by atoms with Crippen LogP contribution >= 0.6 is 15.9 Å². The molecule has 1 saturated carbocycles. The van der Waals surface area contributed by atoms with Gasteiger partial charge < -0.3 is 15.5 Å². The fraction of sp³-hybridized carbons (Fsp3) is 0.500. The maximum Gasteiger partial charge on any atom is 0.251 e. The molecule has 0 bridgehead atoms. The van der Waals surface area contributed by atoms with Gasteiger partial charge in [0.05, 0.1) is 0 Å². The molecule has 1 fully saturated rings. The van der Waals surface area contributed by atoms with Crippen LogP contribution in [-0.4, -0.2) is 27.5 Å². The Morgan fingerprint density at radius 2 is 1.89 bits per heavy atom. The summed E-state index contributed by atoms with van der Waals surface area (Å²) in [6.45, 7) is 0.667. The average Bonchev–Trinajstić information content (AvgIpc) is 2.41. The molecule has 0 aliphatic heterocycles. The predicted molar refractivity (Wildman–Crippen MR) is 76.8 cm³/mol. The van der Waals surface area contributed by atoms with Gasteiger partial charge in [0.2, 0.25) is 0 Å². The molecule has 0 radical (unpaired) electrons. The first-order chi connectivity index (χ1) is 9.06. The molecule has 1 aromatic carbocycles. The number of amides is 1. The average molecular weight is 328 g/mol. The molecule has 1 aliphatic carbocycles. The smallest absolute Gasteiger partial charge is 0.251 e. The molecule has 104 valence electrons. The SMILES string of the molecule is O=C(NCC1CCC(Br)CC1)c1ccc(O)c(O)c1. The maximum atomic E-state index is 11.9. The van der Waals surface area contributed by atoms with Crippen LogP contribution in [0.4, 0.5) is 0 Å². The van der Waals surface area contributed by atoms with Gasteiger partial charge in [-0.3, -0.25) is 4.79 Å². The number of carbonyl (C=O) groups excluding carboxylic acids is 1. The summed E-state index contributed by atoms with van der Waals surface area (Å²) in [6.07, 6.45) is 4.55. The second-order valence-corrected chi connectivity index (χ2v) is 6.33. The van der Waals surface area contributed by atoms with E-state index in [0.29, 0.717) is 22.9 Å². The predicted octanol–water partition coefficient (Wildman–Crippen LogP) is 2.78. The number of phenols is 2. The number of halogens is 1. The summed E-state index contributed by atoms with van der Waals surface area (Å²) < 4.78 is 0. The van der Waals surface area contributed by atoms with Crippen LogP contribution in [0.3, 0.4) is 0 Å². The van der Waals surface area contributed by atoms with Gasteiger partial charge in [-0.25, -0.2) is 0 Å². The van der Waals surface area contributed by atoms with Crippen molar-refractivity contribution in [3.63, 3.8) is 0 Å². The molecule has 1 aromatic rings. The summed E-state index contributed by atoms with van der Waals surface area (Å²) in [7, 11) is 0. The van der Waals surface area contributed by atoms with E-state index in [1.165, 1.54) is 18.2 Å². The second kappa shape index (κ2) is 6.28. The van der Waals surface area contributed by atoms with E-state index in [0.717, 1.165) is 25.7 Å². The fourth-order valence-corrected chi connectivity index (χ4v) is 2.86. The number of hydrogen-bond acceptors (Lipinski definition) is 3. The van der Waals surface area contributed by atoms with Gasteiger partial charge in [0.15, 0.2) is 11.5 Å². The summed E-state index contributed by atoms with van der Waals surface area (Å²) in [4.78, 5) is 12.5. The van der Waals surface area contributed by atoms with Crippen molar-refractivity contribution in [1.82, 2.24) is 5.32 Å². The van der Waals surface area contributed by atoms with Gasteiger partial charge in [-0.15, -0.1) is 0 Å². The van der Waals surface area contributed by atoms with E-state index in [1.54, 1.807) is 0 Å². The van der Waals surface area contributed by atoms with Crippen LogP contribution in [0.5, 0.6) is 11.5 Å². The van der Waals surface area contributed by atoms with Crippen molar-refractivity contribution in [3.05, 3.63) is 23.8 Å². The van der Waals surface area contributed by atoms with Gasteiger partial charge in [0.1, 0.15) is 0 Å². The molecule has 1 aliphatic rings. The number of aromatic hydroxyl groups is 2. The quantitative estimate of drug-likeness (QED) is 0.590. The summed E-state index contributed by atoms with van der Waals surface area (Å²) >= 11 is 3.61. The first kappa shape index (κ1) is 14.2. The second-order valence-electron chi connectivity index (χ2n) is 5.03. The third-order valence-electron chi connectivity index (χ3n) is 3.57. The molecule has 0 heterocycles. The number of hydrogen-bond donors (Lipinski definition) is 3. The molecule has 19 heavy (non-hydrogen) atoms. The summed E-state index contributed by atoms with van der Waals surface area (Å²) in [6, 6.07) is 4.10. The van der Waals surface area contributed by atoms with E-state index < -0.39 is 0 Å². The highest BCUT2D eigenvalue weighted by atomic mass is 79.9. The Kier molecular flexibility index (Phi) is 4.69. The third-order valence-corrected chi connectivity index (χ3v) is 4.48. The van der Waals surface area contributed by atoms with Crippen LogP contribution in [0.2, 0.25) is 0 Å². The minimum atomic E-state index is -0.271. The normalized spacial score (nSPS) is 23.0. The number of phenolic OH excluding ortho intramolecular Hbond substituents is 2. The number of carbonyl (C=O) groups is 1. The lowest BCUT2D eigenvalue weighted by Gasteiger charge is -2.25. The van der Waals surface area contributed by atoms with Gasteiger partial charge in [0, 0.05) is 16.9 Å². The molecule has 5 heteroatoms. The number of benzene rings is 1. The van der Waals surface area contributed by atoms with E-state index in [4.69, 9.17) is 0 Å². The zero-order chi connectivity index (χ0) is 13.8. The van der Waals surface area contributed by atoms with Crippen molar-refractivity contribution in [1.29, 1.82) is 0 Å². The molecule has 3 N–H and O–H groups in total. The largest absolute Gasteiger partial charge is 0.504 e. The molecular weight excluding hydrogens is 310 g/mol. The Hall–Kier alpha value is -1.23. The van der Waals surface area contributed by atoms with Gasteiger partial charge in [-0.2, -0.15) is 0 Å². The number of rotatable bonds is 3. The Morgan fingerprint density at radius 3 is 2.53 bits per heavy atom. The summed E-state index contributed by atoms with van der Waals surface area (Å²) in [5.41, 5.74) is 0.365. The van der Waals surface area contributed by atoms with Crippen LogP contribution in [0.25, 0.3) is 0 Å². The van der Waals surface area contributed by atoms with Gasteiger partial charge in [-0.05, 0) is 49.8 Å². The van der Waals surface area contributed by atoms with Crippen molar-refractivity contribution in [3.8, 4) is 11.5 Å². The first-order valence-corrected chi connectivity index (χ1v) is 7.42. The summed E-state index contributed by atoms with van der Waals surface area (Å²) in [5, 5.41) is 21.4. The van der Waals surface area contributed by atoms with Gasteiger partial charge >= 0.3 is 0 Å². The van der Waals surface area contributed by atoms with E-state index in [9.17, 15) is 15.0 Å². The van der Waals surface area contributed by atoms with Crippen molar-refractivity contribution < 1.29 is 15.0 Å². The van der Waals surface area contributed by atoms with Crippen molar-refractivity contribution in [2.24, 2.45) is 5.92 Å². The van der Waals surface area contributed by atoms with Crippen molar-refractivity contribution in [2.45, 2.75) is 30.5 Å². The van der Waals surface area contributed by atoms with E-state index in [-0.39, 0.29) is 17.4 Å². The van der Waals surface area contributed by atoms with Crippen LogP contribution in [0.1, 0.15) is 36.0 Å². The van der Waals surface area contributed by atoms with Crippen LogP contribution in [0, 0.1) is 5.92 Å².